The van der Waals surface area contributed by atoms with E-state index in [-0.39, 0.29) is 5.92 Å². The Kier molecular flexibility index (Phi) is 6.14. The molecule has 6 heteroatoms. The fourth-order valence-electron chi connectivity index (χ4n) is 1.75. The zero-order valence-corrected chi connectivity index (χ0v) is 12.3. The number of carbonyl (C=O) groups excluding carboxylic acids is 1. The summed E-state index contributed by atoms with van der Waals surface area (Å²) in [5.41, 5.74) is 0. The number of halogens is 1. The molecule has 116 valence electrons. The van der Waals surface area contributed by atoms with Gasteiger partial charge in [0.15, 0.2) is 6.10 Å². The van der Waals surface area contributed by atoms with Crippen LogP contribution >= 0.6 is 0 Å². The van der Waals surface area contributed by atoms with Crippen molar-refractivity contribution in [2.24, 2.45) is 5.92 Å². The minimum atomic E-state index is -1.08. The second-order valence-electron chi connectivity index (χ2n) is 5.24. The minimum Gasteiger partial charge on any atom is -0.481 e. The molecular formula is C15H20FNO4. The lowest BCUT2D eigenvalue weighted by Gasteiger charge is -2.20. The third-order valence-corrected chi connectivity index (χ3v) is 2.82. The van der Waals surface area contributed by atoms with Gasteiger partial charge < -0.3 is 15.2 Å². The SMILES string of the molecule is CC(C)C[C@@H](NC(=O)C(C)Oc1ccc(F)cc1)C(=O)O. The summed E-state index contributed by atoms with van der Waals surface area (Å²) in [5.74, 6) is -1.52. The van der Waals surface area contributed by atoms with Gasteiger partial charge in [-0.05, 0) is 43.5 Å². The fourth-order valence-corrected chi connectivity index (χ4v) is 1.75. The number of hydrogen-bond acceptors (Lipinski definition) is 3. The smallest absolute Gasteiger partial charge is 0.326 e. The number of ether oxygens (including phenoxy) is 1. The van der Waals surface area contributed by atoms with E-state index in [2.05, 4.69) is 5.32 Å². The first-order valence-corrected chi connectivity index (χ1v) is 6.75. The molecule has 5 nitrogen and oxygen atoms in total. The summed E-state index contributed by atoms with van der Waals surface area (Å²) >= 11 is 0. The average molecular weight is 297 g/mol. The van der Waals surface area contributed by atoms with Crippen LogP contribution in [0.5, 0.6) is 5.75 Å². The minimum absolute atomic E-state index is 0.139. The van der Waals surface area contributed by atoms with Gasteiger partial charge in [0.2, 0.25) is 0 Å². The highest BCUT2D eigenvalue weighted by Crippen LogP contribution is 2.13. The van der Waals surface area contributed by atoms with E-state index in [0.717, 1.165) is 0 Å². The first kappa shape index (κ1) is 16.9. The lowest BCUT2D eigenvalue weighted by atomic mass is 10.0. The summed E-state index contributed by atoms with van der Waals surface area (Å²) in [5, 5.41) is 11.5. The maximum Gasteiger partial charge on any atom is 0.326 e. The zero-order valence-electron chi connectivity index (χ0n) is 12.3. The first-order chi connectivity index (χ1) is 9.79. The summed E-state index contributed by atoms with van der Waals surface area (Å²) in [6.45, 7) is 5.26. The molecule has 0 aromatic heterocycles. The van der Waals surface area contributed by atoms with E-state index in [4.69, 9.17) is 9.84 Å². The van der Waals surface area contributed by atoms with Crippen molar-refractivity contribution in [1.82, 2.24) is 5.32 Å². The van der Waals surface area contributed by atoms with Crippen LogP contribution in [0.3, 0.4) is 0 Å². The van der Waals surface area contributed by atoms with Crippen LogP contribution < -0.4 is 10.1 Å². The van der Waals surface area contributed by atoms with Crippen LogP contribution in [0.4, 0.5) is 4.39 Å². The predicted octanol–water partition coefficient (Wildman–Crippen LogP) is 2.21. The molecule has 2 atom stereocenters. The van der Waals surface area contributed by atoms with Gasteiger partial charge in [0.05, 0.1) is 0 Å². The van der Waals surface area contributed by atoms with Crippen LogP contribution in [0.1, 0.15) is 27.2 Å². The Hall–Kier alpha value is -2.11. The van der Waals surface area contributed by atoms with Crippen molar-refractivity contribution in [2.75, 3.05) is 0 Å². The van der Waals surface area contributed by atoms with Crippen LogP contribution in [-0.2, 0) is 9.59 Å². The molecule has 2 N–H and O–H groups in total. The predicted molar refractivity (Wildman–Crippen MR) is 75.5 cm³/mol. The number of carbonyl (C=O) groups is 2. The number of rotatable bonds is 7. The number of carboxylic acid groups (broad SMARTS) is 1. The zero-order chi connectivity index (χ0) is 16.0. The first-order valence-electron chi connectivity index (χ1n) is 6.75. The van der Waals surface area contributed by atoms with Gasteiger partial charge in [-0.25, -0.2) is 9.18 Å². The number of carboxylic acids is 1. The second kappa shape index (κ2) is 7.61. The third-order valence-electron chi connectivity index (χ3n) is 2.82. The highest BCUT2D eigenvalue weighted by molar-refractivity contribution is 5.86. The quantitative estimate of drug-likeness (QED) is 0.809. The third kappa shape index (κ3) is 5.81. The van der Waals surface area contributed by atoms with E-state index >= 15 is 0 Å². The van der Waals surface area contributed by atoms with Gasteiger partial charge in [0.1, 0.15) is 17.6 Å². The molecule has 1 amide bonds. The Morgan fingerprint density at radius 2 is 1.81 bits per heavy atom. The Bertz CT molecular complexity index is 487. The van der Waals surface area contributed by atoms with Gasteiger partial charge in [-0.3, -0.25) is 4.79 Å². The van der Waals surface area contributed by atoms with Crippen LogP contribution in [0.25, 0.3) is 0 Å². The molecule has 0 fully saturated rings. The molecule has 1 aromatic carbocycles. The number of hydrogen-bond donors (Lipinski definition) is 2. The van der Waals surface area contributed by atoms with Crippen LogP contribution in [0.2, 0.25) is 0 Å². The van der Waals surface area contributed by atoms with E-state index in [1.165, 1.54) is 31.2 Å². The van der Waals surface area contributed by atoms with E-state index < -0.39 is 29.8 Å². The van der Waals surface area contributed by atoms with Crippen molar-refractivity contribution in [1.29, 1.82) is 0 Å². The van der Waals surface area contributed by atoms with Gasteiger partial charge in [-0.15, -0.1) is 0 Å². The van der Waals surface area contributed by atoms with Crippen LogP contribution in [0.15, 0.2) is 24.3 Å². The van der Waals surface area contributed by atoms with Crippen molar-refractivity contribution in [3.63, 3.8) is 0 Å². The number of nitrogens with one attached hydrogen (secondary N) is 1. The highest BCUT2D eigenvalue weighted by Gasteiger charge is 2.24. The highest BCUT2D eigenvalue weighted by atomic mass is 19.1. The van der Waals surface area contributed by atoms with Crippen LogP contribution in [-0.4, -0.2) is 29.1 Å². The van der Waals surface area contributed by atoms with Gasteiger partial charge in [0, 0.05) is 0 Å². The van der Waals surface area contributed by atoms with Gasteiger partial charge >= 0.3 is 5.97 Å². The van der Waals surface area contributed by atoms with E-state index in [0.29, 0.717) is 12.2 Å². The molecule has 0 saturated heterocycles. The molecule has 1 aromatic rings. The Morgan fingerprint density at radius 3 is 2.29 bits per heavy atom. The monoisotopic (exact) mass is 297 g/mol. The van der Waals surface area contributed by atoms with Crippen molar-refractivity contribution < 1.29 is 23.8 Å². The Balaban J connectivity index is 2.60. The molecule has 1 unspecified atom stereocenters. The standard InChI is InChI=1S/C15H20FNO4/c1-9(2)8-13(15(19)20)17-14(18)10(3)21-12-6-4-11(16)5-7-12/h4-7,9-10,13H,8H2,1-3H3,(H,17,18)(H,19,20)/t10?,13-/m1/s1. The molecule has 1 rings (SSSR count). The molecule has 0 aliphatic rings. The van der Waals surface area contributed by atoms with E-state index in [9.17, 15) is 14.0 Å². The normalized spacial score (nSPS) is 13.6. The summed E-state index contributed by atoms with van der Waals surface area (Å²) in [4.78, 5) is 23.0. The summed E-state index contributed by atoms with van der Waals surface area (Å²) in [7, 11) is 0. The van der Waals surface area contributed by atoms with Crippen LogP contribution in [0, 0.1) is 11.7 Å². The summed E-state index contributed by atoms with van der Waals surface area (Å²) in [6.07, 6.45) is -0.533. The molecule has 0 radical (unpaired) electrons. The lowest BCUT2D eigenvalue weighted by molar-refractivity contribution is -0.143. The second-order valence-corrected chi connectivity index (χ2v) is 5.24. The molecule has 0 heterocycles. The molecule has 0 aliphatic carbocycles. The Labute approximate surface area is 123 Å². The fraction of sp³-hybridized carbons (Fsp3) is 0.467. The van der Waals surface area contributed by atoms with Crippen molar-refractivity contribution in [3.05, 3.63) is 30.1 Å². The molecule has 21 heavy (non-hydrogen) atoms. The molecule has 0 aliphatic heterocycles. The van der Waals surface area contributed by atoms with Gasteiger partial charge in [0.25, 0.3) is 5.91 Å². The topological polar surface area (TPSA) is 75.6 Å². The van der Waals surface area contributed by atoms with Crippen molar-refractivity contribution in [3.8, 4) is 5.75 Å². The van der Waals surface area contributed by atoms with Gasteiger partial charge in [-0.1, -0.05) is 13.8 Å². The average Bonchev–Trinajstić information content (AvgIpc) is 2.39. The Morgan fingerprint density at radius 1 is 1.24 bits per heavy atom. The van der Waals surface area contributed by atoms with E-state index in [1.54, 1.807) is 0 Å². The van der Waals surface area contributed by atoms with Crippen molar-refractivity contribution >= 4 is 11.9 Å². The number of amides is 1. The van der Waals surface area contributed by atoms with E-state index in [1.807, 2.05) is 13.8 Å². The van der Waals surface area contributed by atoms with Crippen molar-refractivity contribution in [2.45, 2.75) is 39.3 Å². The molecule has 0 spiro atoms. The molecule has 0 bridgehead atoms. The maximum atomic E-state index is 12.8. The largest absolute Gasteiger partial charge is 0.481 e. The summed E-state index contributed by atoms with van der Waals surface area (Å²) in [6, 6.07) is 4.30. The lowest BCUT2D eigenvalue weighted by Crippen LogP contribution is -2.46. The maximum absolute atomic E-state index is 12.8. The molecule has 0 saturated carbocycles. The summed E-state index contributed by atoms with van der Waals surface area (Å²) < 4.78 is 18.1. The number of benzene rings is 1. The van der Waals surface area contributed by atoms with Gasteiger partial charge in [-0.2, -0.15) is 0 Å². The molecular weight excluding hydrogens is 277 g/mol. The number of aliphatic carboxylic acids is 1.